The van der Waals surface area contributed by atoms with Gasteiger partial charge in [0.25, 0.3) is 5.56 Å². The van der Waals surface area contributed by atoms with Crippen LogP contribution in [0, 0.1) is 11.3 Å². The highest BCUT2D eigenvalue weighted by Gasteiger charge is 2.40. The van der Waals surface area contributed by atoms with Gasteiger partial charge in [-0.2, -0.15) is 5.26 Å². The van der Waals surface area contributed by atoms with Crippen LogP contribution in [-0.2, 0) is 12.0 Å². The van der Waals surface area contributed by atoms with E-state index in [2.05, 4.69) is 16.0 Å². The lowest BCUT2D eigenvalue weighted by atomic mass is 9.67. The summed E-state index contributed by atoms with van der Waals surface area (Å²) < 4.78 is 12.4. The van der Waals surface area contributed by atoms with Crippen molar-refractivity contribution in [2.45, 2.75) is 38.1 Å². The summed E-state index contributed by atoms with van der Waals surface area (Å²) >= 11 is 13.2. The van der Waals surface area contributed by atoms with Crippen molar-refractivity contribution < 1.29 is 9.47 Å². The molecule has 0 N–H and O–H groups in total. The monoisotopic (exact) mass is 534 g/mol. The van der Waals surface area contributed by atoms with E-state index in [0.29, 0.717) is 34.9 Å². The first-order valence-electron chi connectivity index (χ1n) is 11.9. The van der Waals surface area contributed by atoms with Gasteiger partial charge in [-0.1, -0.05) is 23.2 Å². The molecule has 9 heteroatoms. The van der Waals surface area contributed by atoms with Crippen LogP contribution in [0.25, 0.3) is 33.3 Å². The quantitative estimate of drug-likeness (QED) is 0.283. The summed E-state index contributed by atoms with van der Waals surface area (Å²) in [6, 6.07) is 11.5. The Morgan fingerprint density at radius 1 is 1.05 bits per heavy atom. The molecule has 1 aliphatic carbocycles. The van der Waals surface area contributed by atoms with Gasteiger partial charge in [0, 0.05) is 41.5 Å². The van der Waals surface area contributed by atoms with Crippen molar-refractivity contribution in [1.29, 1.82) is 5.26 Å². The van der Waals surface area contributed by atoms with Crippen molar-refractivity contribution >= 4 is 34.1 Å². The number of aryl methyl sites for hydroxylation is 1. The van der Waals surface area contributed by atoms with E-state index in [9.17, 15) is 10.1 Å². The van der Waals surface area contributed by atoms with Crippen LogP contribution in [0.4, 0.5) is 0 Å². The first kappa shape index (κ1) is 25.1. The molecule has 0 radical (unpaired) electrons. The van der Waals surface area contributed by atoms with Gasteiger partial charge in [0.1, 0.15) is 11.5 Å². The molecule has 3 heterocycles. The lowest BCUT2D eigenvalue weighted by molar-refractivity contribution is 0.316. The maximum absolute atomic E-state index is 13.7. The Balaban J connectivity index is 1.64. The summed E-state index contributed by atoms with van der Waals surface area (Å²) in [5.74, 6) is 0.704. The van der Waals surface area contributed by atoms with Gasteiger partial charge in [0.15, 0.2) is 0 Å². The number of nitriles is 1. The molecular formula is C28H24Cl2N4O3. The lowest BCUT2D eigenvalue weighted by Gasteiger charge is -2.34. The van der Waals surface area contributed by atoms with E-state index >= 15 is 0 Å². The fraction of sp³-hybridized carbons (Fsp3) is 0.286. The van der Waals surface area contributed by atoms with E-state index in [4.69, 9.17) is 32.7 Å². The van der Waals surface area contributed by atoms with Crippen LogP contribution in [0.1, 0.15) is 31.9 Å². The highest BCUT2D eigenvalue weighted by Crippen LogP contribution is 2.46. The molecule has 0 amide bonds. The minimum atomic E-state index is -0.472. The molecule has 7 nitrogen and oxygen atoms in total. The molecular weight excluding hydrogens is 511 g/mol. The minimum Gasteiger partial charge on any atom is -0.495 e. The van der Waals surface area contributed by atoms with Crippen LogP contribution in [0.3, 0.4) is 0 Å². The SMILES string of the molecule is CCn1c(=O)c(-c2c(Cl)c(OC)cc(OC)c2Cl)cc2cnc(-c3ccc(C4(C#N)CCC4)nc3)cc21. The number of aromatic nitrogens is 3. The van der Waals surface area contributed by atoms with Crippen LogP contribution >= 0.6 is 23.2 Å². The second-order valence-electron chi connectivity index (χ2n) is 9.00. The fourth-order valence-corrected chi connectivity index (χ4v) is 5.53. The second-order valence-corrected chi connectivity index (χ2v) is 9.76. The number of hydrogen-bond donors (Lipinski definition) is 0. The van der Waals surface area contributed by atoms with E-state index in [0.717, 1.165) is 41.4 Å². The molecule has 1 aromatic carbocycles. The average molecular weight is 535 g/mol. The third-order valence-electron chi connectivity index (χ3n) is 7.11. The zero-order valence-electron chi connectivity index (χ0n) is 20.6. The van der Waals surface area contributed by atoms with Crippen LogP contribution in [0.15, 0.2) is 47.5 Å². The van der Waals surface area contributed by atoms with Gasteiger partial charge in [-0.05, 0) is 50.5 Å². The summed E-state index contributed by atoms with van der Waals surface area (Å²) in [6.07, 6.45) is 6.17. The summed E-state index contributed by atoms with van der Waals surface area (Å²) in [4.78, 5) is 22.9. The zero-order chi connectivity index (χ0) is 26.3. The molecule has 188 valence electrons. The zero-order valence-corrected chi connectivity index (χ0v) is 22.2. The Labute approximate surface area is 224 Å². The Morgan fingerprint density at radius 2 is 1.76 bits per heavy atom. The van der Waals surface area contributed by atoms with E-state index in [1.54, 1.807) is 29.1 Å². The van der Waals surface area contributed by atoms with Crippen LogP contribution < -0.4 is 15.0 Å². The summed E-state index contributed by atoms with van der Waals surface area (Å²) in [5, 5.41) is 10.8. The van der Waals surface area contributed by atoms with Crippen molar-refractivity contribution in [3.05, 3.63) is 68.8 Å². The normalized spacial score (nSPS) is 14.2. The molecule has 0 bridgehead atoms. The van der Waals surface area contributed by atoms with Crippen molar-refractivity contribution in [3.8, 4) is 40.0 Å². The van der Waals surface area contributed by atoms with E-state index in [-0.39, 0.29) is 15.6 Å². The van der Waals surface area contributed by atoms with Gasteiger partial charge >= 0.3 is 0 Å². The Hall–Kier alpha value is -3.60. The summed E-state index contributed by atoms with van der Waals surface area (Å²) in [7, 11) is 2.98. The van der Waals surface area contributed by atoms with E-state index in [1.807, 2.05) is 25.1 Å². The Morgan fingerprint density at radius 3 is 2.27 bits per heavy atom. The van der Waals surface area contributed by atoms with E-state index < -0.39 is 5.41 Å². The van der Waals surface area contributed by atoms with Gasteiger partial charge in [-0.3, -0.25) is 14.8 Å². The number of pyridine rings is 3. The predicted molar refractivity (Wildman–Crippen MR) is 145 cm³/mol. The molecule has 1 saturated carbocycles. The second kappa shape index (κ2) is 9.70. The third-order valence-corrected chi connectivity index (χ3v) is 7.86. The van der Waals surface area contributed by atoms with Crippen LogP contribution in [-0.4, -0.2) is 28.8 Å². The number of fused-ring (bicyclic) bond motifs is 1. The van der Waals surface area contributed by atoms with Crippen LogP contribution in [0.2, 0.25) is 10.0 Å². The van der Waals surface area contributed by atoms with Crippen molar-refractivity contribution in [2.75, 3.05) is 14.2 Å². The highest BCUT2D eigenvalue weighted by molar-refractivity contribution is 6.41. The molecule has 4 aromatic rings. The van der Waals surface area contributed by atoms with Crippen LogP contribution in [0.5, 0.6) is 11.5 Å². The molecule has 5 rings (SSSR count). The van der Waals surface area contributed by atoms with Gasteiger partial charge in [0.2, 0.25) is 0 Å². The maximum atomic E-state index is 13.7. The number of hydrogen-bond acceptors (Lipinski definition) is 6. The smallest absolute Gasteiger partial charge is 0.259 e. The minimum absolute atomic E-state index is 0.227. The van der Waals surface area contributed by atoms with Gasteiger partial charge in [-0.15, -0.1) is 0 Å². The number of ether oxygens (including phenoxy) is 2. The predicted octanol–water partition coefficient (Wildman–Crippen LogP) is 6.41. The maximum Gasteiger partial charge on any atom is 0.259 e. The third kappa shape index (κ3) is 4.01. The first-order valence-corrected chi connectivity index (χ1v) is 12.6. The molecule has 0 unspecified atom stereocenters. The Bertz CT molecular complexity index is 1590. The summed E-state index contributed by atoms with van der Waals surface area (Å²) in [5.41, 5.74) is 2.95. The first-order chi connectivity index (χ1) is 17.9. The molecule has 0 aliphatic heterocycles. The molecule has 37 heavy (non-hydrogen) atoms. The Kier molecular flexibility index (Phi) is 6.57. The molecule has 0 atom stereocenters. The van der Waals surface area contributed by atoms with Crippen molar-refractivity contribution in [3.63, 3.8) is 0 Å². The summed E-state index contributed by atoms with van der Waals surface area (Å²) in [6.45, 7) is 2.32. The molecule has 1 fully saturated rings. The molecule has 1 aliphatic rings. The number of methoxy groups -OCH3 is 2. The molecule has 0 saturated heterocycles. The van der Waals surface area contributed by atoms with E-state index in [1.165, 1.54) is 14.2 Å². The van der Waals surface area contributed by atoms with Crippen molar-refractivity contribution in [1.82, 2.24) is 14.5 Å². The largest absolute Gasteiger partial charge is 0.495 e. The standard InChI is InChI=1S/C28H24Cl2N4O3/c1-4-34-20-11-19(16-6-7-23(33-13-16)28(15-31)8-5-9-28)32-14-17(20)10-18(27(34)35)24-25(29)21(36-2)12-22(37-3)26(24)30/h6-7,10-14H,4-5,8-9H2,1-3H3. The van der Waals surface area contributed by atoms with Gasteiger partial charge in [0.05, 0.1) is 58.2 Å². The van der Waals surface area contributed by atoms with Gasteiger partial charge < -0.3 is 14.0 Å². The topological polar surface area (TPSA) is 90.0 Å². The van der Waals surface area contributed by atoms with Gasteiger partial charge in [-0.25, -0.2) is 0 Å². The number of nitrogens with zero attached hydrogens (tertiary/aromatic N) is 4. The number of benzene rings is 1. The fourth-order valence-electron chi connectivity index (χ4n) is 4.83. The number of halogens is 2. The average Bonchev–Trinajstić information content (AvgIpc) is 2.89. The molecule has 0 spiro atoms. The lowest BCUT2D eigenvalue weighted by Crippen LogP contribution is -2.33. The highest BCUT2D eigenvalue weighted by atomic mass is 35.5. The number of rotatable bonds is 6. The molecule has 3 aromatic heterocycles. The van der Waals surface area contributed by atoms with Crippen molar-refractivity contribution in [2.24, 2.45) is 0 Å².